The van der Waals surface area contributed by atoms with E-state index in [2.05, 4.69) is 10.1 Å². The predicted octanol–water partition coefficient (Wildman–Crippen LogP) is 4.31. The van der Waals surface area contributed by atoms with Crippen molar-refractivity contribution in [3.05, 3.63) is 84.9 Å². The molecule has 0 spiro atoms. The second-order valence-corrected chi connectivity index (χ2v) is 5.39. The maximum atomic E-state index is 10.1. The summed E-state index contributed by atoms with van der Waals surface area (Å²) in [6.45, 7) is 0. The topological polar surface area (TPSA) is 50.9 Å². The van der Waals surface area contributed by atoms with Crippen molar-refractivity contribution in [1.82, 2.24) is 14.8 Å². The number of hydrogen-bond acceptors (Lipinski definition) is 3. The summed E-state index contributed by atoms with van der Waals surface area (Å²) < 4.78 is 1.80. The average molecular weight is 313 g/mol. The lowest BCUT2D eigenvalue weighted by molar-refractivity contribution is 0.477. The van der Waals surface area contributed by atoms with Gasteiger partial charge in [0.2, 0.25) is 0 Å². The Labute approximate surface area is 139 Å². The van der Waals surface area contributed by atoms with E-state index in [4.69, 9.17) is 0 Å². The number of para-hydroxylation sites is 2. The fraction of sp³-hybridized carbons (Fsp3) is 0. The summed E-state index contributed by atoms with van der Waals surface area (Å²) in [6.07, 6.45) is 0. The van der Waals surface area contributed by atoms with Crippen LogP contribution in [0.5, 0.6) is 5.75 Å². The number of phenolic OH excluding ortho intramolecular Hbond substituents is 1. The Kier molecular flexibility index (Phi) is 3.56. The normalized spacial score (nSPS) is 10.7. The lowest BCUT2D eigenvalue weighted by Gasteiger charge is -2.05. The Bertz CT molecular complexity index is 906. The van der Waals surface area contributed by atoms with Crippen LogP contribution in [0, 0.1) is 0 Å². The van der Waals surface area contributed by atoms with Crippen LogP contribution in [-0.4, -0.2) is 19.9 Å². The molecule has 1 aromatic heterocycles. The van der Waals surface area contributed by atoms with Crippen molar-refractivity contribution in [2.24, 2.45) is 0 Å². The van der Waals surface area contributed by atoms with Crippen LogP contribution in [0.4, 0.5) is 0 Å². The van der Waals surface area contributed by atoms with Crippen LogP contribution in [-0.2, 0) is 0 Å². The molecule has 0 radical (unpaired) electrons. The zero-order valence-electron chi connectivity index (χ0n) is 12.9. The van der Waals surface area contributed by atoms with Crippen LogP contribution >= 0.6 is 0 Å². The molecular formula is C20H15N3O. The van der Waals surface area contributed by atoms with Gasteiger partial charge in [-0.3, -0.25) is 0 Å². The SMILES string of the molecule is Oc1ccccc1-c1nc(-c2ccccc2)n(-c2ccccc2)n1. The molecule has 0 saturated heterocycles. The van der Waals surface area contributed by atoms with Crippen molar-refractivity contribution in [2.45, 2.75) is 0 Å². The second-order valence-electron chi connectivity index (χ2n) is 5.39. The van der Waals surface area contributed by atoms with Crippen LogP contribution < -0.4 is 0 Å². The van der Waals surface area contributed by atoms with Gasteiger partial charge in [-0.2, -0.15) is 0 Å². The van der Waals surface area contributed by atoms with Crippen LogP contribution in [0.2, 0.25) is 0 Å². The maximum Gasteiger partial charge on any atom is 0.185 e. The zero-order chi connectivity index (χ0) is 16.4. The van der Waals surface area contributed by atoms with Crippen molar-refractivity contribution in [3.8, 4) is 34.2 Å². The van der Waals surface area contributed by atoms with Crippen molar-refractivity contribution in [3.63, 3.8) is 0 Å². The Hall–Kier alpha value is -3.40. The fourth-order valence-corrected chi connectivity index (χ4v) is 2.61. The molecule has 0 amide bonds. The number of aromatic hydroxyl groups is 1. The Morgan fingerprint density at radius 2 is 1.33 bits per heavy atom. The molecule has 0 bridgehead atoms. The number of phenols is 1. The third kappa shape index (κ3) is 2.54. The van der Waals surface area contributed by atoms with E-state index in [0.717, 1.165) is 17.1 Å². The average Bonchev–Trinajstić information content (AvgIpc) is 3.09. The lowest BCUT2D eigenvalue weighted by Crippen LogP contribution is -1.99. The molecule has 1 N–H and O–H groups in total. The van der Waals surface area contributed by atoms with Crippen LogP contribution in [0.1, 0.15) is 0 Å². The monoisotopic (exact) mass is 313 g/mol. The van der Waals surface area contributed by atoms with Crippen molar-refractivity contribution >= 4 is 0 Å². The number of hydrogen-bond donors (Lipinski definition) is 1. The highest BCUT2D eigenvalue weighted by molar-refractivity contribution is 5.67. The Balaban J connectivity index is 1.94. The maximum absolute atomic E-state index is 10.1. The first-order valence-corrected chi connectivity index (χ1v) is 7.69. The fourth-order valence-electron chi connectivity index (χ4n) is 2.61. The van der Waals surface area contributed by atoms with Gasteiger partial charge in [0.05, 0.1) is 11.3 Å². The molecule has 0 saturated carbocycles. The highest BCUT2D eigenvalue weighted by atomic mass is 16.3. The molecular weight excluding hydrogens is 298 g/mol. The van der Waals surface area contributed by atoms with Gasteiger partial charge in [-0.1, -0.05) is 60.7 Å². The minimum atomic E-state index is 0.169. The van der Waals surface area contributed by atoms with Crippen LogP contribution in [0.3, 0.4) is 0 Å². The highest BCUT2D eigenvalue weighted by Gasteiger charge is 2.16. The molecule has 0 unspecified atom stereocenters. The van der Waals surface area contributed by atoms with Gasteiger partial charge in [0.1, 0.15) is 5.75 Å². The zero-order valence-corrected chi connectivity index (χ0v) is 12.9. The van der Waals surface area contributed by atoms with Gasteiger partial charge in [-0.15, -0.1) is 5.10 Å². The summed E-state index contributed by atoms with van der Waals surface area (Å²) in [7, 11) is 0. The van der Waals surface area contributed by atoms with Gasteiger partial charge >= 0.3 is 0 Å². The van der Waals surface area contributed by atoms with E-state index in [1.165, 1.54) is 0 Å². The van der Waals surface area contributed by atoms with Gasteiger partial charge in [0, 0.05) is 5.56 Å². The molecule has 1 heterocycles. The highest BCUT2D eigenvalue weighted by Crippen LogP contribution is 2.29. The van der Waals surface area contributed by atoms with E-state index in [9.17, 15) is 5.11 Å². The van der Waals surface area contributed by atoms with E-state index in [-0.39, 0.29) is 5.75 Å². The first-order valence-electron chi connectivity index (χ1n) is 7.69. The molecule has 0 aliphatic carbocycles. The van der Waals surface area contributed by atoms with Gasteiger partial charge < -0.3 is 5.11 Å². The molecule has 0 fully saturated rings. The summed E-state index contributed by atoms with van der Waals surface area (Å²) in [6, 6.07) is 26.9. The van der Waals surface area contributed by atoms with E-state index < -0.39 is 0 Å². The molecule has 0 atom stereocenters. The van der Waals surface area contributed by atoms with Gasteiger partial charge in [0.25, 0.3) is 0 Å². The third-order valence-corrected chi connectivity index (χ3v) is 3.78. The molecule has 0 aliphatic heterocycles. The van der Waals surface area contributed by atoms with Crippen LogP contribution in [0.25, 0.3) is 28.5 Å². The van der Waals surface area contributed by atoms with Gasteiger partial charge in [-0.05, 0) is 24.3 Å². The van der Waals surface area contributed by atoms with E-state index in [1.54, 1.807) is 16.8 Å². The summed E-state index contributed by atoms with van der Waals surface area (Å²) in [5.74, 6) is 1.40. The van der Waals surface area contributed by atoms with Crippen molar-refractivity contribution in [1.29, 1.82) is 0 Å². The predicted molar refractivity (Wildman–Crippen MR) is 93.9 cm³/mol. The minimum absolute atomic E-state index is 0.169. The molecule has 4 heteroatoms. The molecule has 4 aromatic rings. The van der Waals surface area contributed by atoms with Crippen LogP contribution in [0.15, 0.2) is 84.9 Å². The second kappa shape index (κ2) is 6.01. The summed E-state index contributed by atoms with van der Waals surface area (Å²) in [4.78, 5) is 4.68. The van der Waals surface area contributed by atoms with Gasteiger partial charge in [-0.25, -0.2) is 9.67 Å². The molecule has 116 valence electrons. The smallest absolute Gasteiger partial charge is 0.185 e. The van der Waals surface area contributed by atoms with Crippen molar-refractivity contribution < 1.29 is 5.11 Å². The number of rotatable bonds is 3. The summed E-state index contributed by atoms with van der Waals surface area (Å²) in [5, 5.41) is 14.7. The van der Waals surface area contributed by atoms with Crippen molar-refractivity contribution in [2.75, 3.05) is 0 Å². The molecule has 4 rings (SSSR count). The quantitative estimate of drug-likeness (QED) is 0.613. The Morgan fingerprint density at radius 3 is 2.04 bits per heavy atom. The van der Waals surface area contributed by atoms with E-state index >= 15 is 0 Å². The summed E-state index contributed by atoms with van der Waals surface area (Å²) >= 11 is 0. The molecule has 3 aromatic carbocycles. The first-order chi connectivity index (χ1) is 11.8. The third-order valence-electron chi connectivity index (χ3n) is 3.78. The lowest BCUT2D eigenvalue weighted by atomic mass is 10.2. The minimum Gasteiger partial charge on any atom is -0.507 e. The van der Waals surface area contributed by atoms with E-state index in [1.807, 2.05) is 72.8 Å². The largest absolute Gasteiger partial charge is 0.507 e. The Morgan fingerprint density at radius 1 is 0.708 bits per heavy atom. The summed E-state index contributed by atoms with van der Waals surface area (Å²) in [5.41, 5.74) is 2.51. The molecule has 24 heavy (non-hydrogen) atoms. The number of benzene rings is 3. The molecule has 4 nitrogen and oxygen atoms in total. The first kappa shape index (κ1) is 14.2. The number of nitrogens with zero attached hydrogens (tertiary/aromatic N) is 3. The molecule has 0 aliphatic rings. The van der Waals surface area contributed by atoms with Gasteiger partial charge in [0.15, 0.2) is 11.6 Å². The number of aromatic nitrogens is 3. The standard InChI is InChI=1S/C20H15N3O/c24-18-14-8-7-13-17(18)19-21-20(15-9-3-1-4-10-15)23(22-19)16-11-5-2-6-12-16/h1-14,24H. The van der Waals surface area contributed by atoms with E-state index in [0.29, 0.717) is 11.4 Å².